The molecule has 4 aromatic rings. The van der Waals surface area contributed by atoms with Crippen LogP contribution >= 0.6 is 34.7 Å². The molecule has 0 aliphatic rings. The van der Waals surface area contributed by atoms with E-state index in [1.807, 2.05) is 29.7 Å². The third kappa shape index (κ3) is 5.78. The van der Waals surface area contributed by atoms with Gasteiger partial charge in [0.15, 0.2) is 5.16 Å². The number of hydrogen-bond acceptors (Lipinski definition) is 6. The second kappa shape index (κ2) is 10.2. The molecule has 0 unspecified atom stereocenters. The summed E-state index contributed by atoms with van der Waals surface area (Å²) >= 11 is 8.84. The summed E-state index contributed by atoms with van der Waals surface area (Å²) < 4.78 is 40.5. The molecule has 0 fully saturated rings. The number of aromatic nitrogens is 4. The molecule has 0 aliphatic heterocycles. The fourth-order valence-electron chi connectivity index (χ4n) is 3.09. The average molecular weight is 524 g/mol. The largest absolute Gasteiger partial charge is 0.416 e. The lowest BCUT2D eigenvalue weighted by molar-refractivity contribution is -0.137. The van der Waals surface area contributed by atoms with Gasteiger partial charge in [0.25, 0.3) is 5.91 Å². The topological polar surface area (TPSA) is 72.7 Å². The molecule has 4 rings (SSSR count). The van der Waals surface area contributed by atoms with Crippen molar-refractivity contribution in [3.05, 3.63) is 86.6 Å². The van der Waals surface area contributed by atoms with Crippen LogP contribution in [0.2, 0.25) is 5.02 Å². The molecule has 0 bridgehead atoms. The first-order chi connectivity index (χ1) is 16.2. The molecule has 0 radical (unpaired) electrons. The smallest absolute Gasteiger partial charge is 0.347 e. The first kappa shape index (κ1) is 24.2. The number of halogens is 4. The minimum absolute atomic E-state index is 0.0353. The number of carbonyl (C=O) groups is 1. The molecule has 0 spiro atoms. The normalized spacial score (nSPS) is 11.6. The van der Waals surface area contributed by atoms with Gasteiger partial charge in [-0.3, -0.25) is 9.36 Å². The summed E-state index contributed by atoms with van der Waals surface area (Å²) in [4.78, 5) is 16.8. The van der Waals surface area contributed by atoms with Crippen molar-refractivity contribution in [3.63, 3.8) is 0 Å². The Kier molecular flexibility index (Phi) is 7.24. The molecule has 0 atom stereocenters. The lowest BCUT2D eigenvalue weighted by atomic mass is 10.1. The first-order valence-electron chi connectivity index (χ1n) is 9.90. The summed E-state index contributed by atoms with van der Waals surface area (Å²) in [6.07, 6.45) is -4.43. The maximum absolute atomic E-state index is 12.9. The van der Waals surface area contributed by atoms with Crippen LogP contribution in [-0.4, -0.2) is 25.7 Å². The van der Waals surface area contributed by atoms with Crippen LogP contribution in [0.25, 0.3) is 5.69 Å². The van der Waals surface area contributed by atoms with E-state index in [0.29, 0.717) is 32.3 Å². The summed E-state index contributed by atoms with van der Waals surface area (Å²) in [5, 5.41) is 14.5. The van der Waals surface area contributed by atoms with Crippen LogP contribution in [0.5, 0.6) is 0 Å². The Balaban J connectivity index is 1.38. The number of benzene rings is 2. The first-order valence-corrected chi connectivity index (χ1v) is 12.1. The summed E-state index contributed by atoms with van der Waals surface area (Å²) in [6, 6.07) is 12.2. The van der Waals surface area contributed by atoms with Crippen LogP contribution in [0.4, 0.5) is 13.2 Å². The van der Waals surface area contributed by atoms with E-state index in [4.69, 9.17) is 11.6 Å². The van der Waals surface area contributed by atoms with E-state index in [2.05, 4.69) is 20.5 Å². The van der Waals surface area contributed by atoms with E-state index < -0.39 is 17.6 Å². The van der Waals surface area contributed by atoms with Crippen LogP contribution in [0.15, 0.2) is 59.1 Å². The molecule has 34 heavy (non-hydrogen) atoms. The van der Waals surface area contributed by atoms with Gasteiger partial charge in [-0.25, -0.2) is 4.98 Å². The predicted molar refractivity (Wildman–Crippen MR) is 125 cm³/mol. The molecule has 0 aliphatic carbocycles. The van der Waals surface area contributed by atoms with Crippen LogP contribution < -0.4 is 5.32 Å². The Morgan fingerprint density at radius 2 is 1.97 bits per heavy atom. The molecule has 176 valence electrons. The molecule has 1 N–H and O–H groups in total. The highest BCUT2D eigenvalue weighted by Gasteiger charge is 2.30. The van der Waals surface area contributed by atoms with Gasteiger partial charge in [-0.15, -0.1) is 21.5 Å². The molecule has 1 amide bonds. The van der Waals surface area contributed by atoms with Crippen molar-refractivity contribution in [3.8, 4) is 5.69 Å². The van der Waals surface area contributed by atoms with Crippen molar-refractivity contribution >= 4 is 40.6 Å². The van der Waals surface area contributed by atoms with E-state index in [1.165, 1.54) is 35.2 Å². The minimum Gasteiger partial charge on any atom is -0.347 e. The summed E-state index contributed by atoms with van der Waals surface area (Å²) in [5.74, 6) is 0.714. The lowest BCUT2D eigenvalue weighted by Gasteiger charge is -2.09. The third-order valence-electron chi connectivity index (χ3n) is 4.68. The number of carbonyl (C=O) groups excluding carboxylic acids is 1. The van der Waals surface area contributed by atoms with Crippen molar-refractivity contribution < 1.29 is 18.0 Å². The fraction of sp³-hybridized carbons (Fsp3) is 0.182. The summed E-state index contributed by atoms with van der Waals surface area (Å²) in [6.45, 7) is 1.81. The van der Waals surface area contributed by atoms with Crippen LogP contribution in [0.1, 0.15) is 32.4 Å². The quantitative estimate of drug-likeness (QED) is 0.304. The molecule has 2 aromatic carbocycles. The SMILES string of the molecule is Cc1nnc(SCc2nc(C(=O)NCc3cccc(C(F)(F)F)c3)cs2)n1-c1cccc(Cl)c1. The van der Waals surface area contributed by atoms with Gasteiger partial charge in [0.2, 0.25) is 0 Å². The van der Waals surface area contributed by atoms with Gasteiger partial charge >= 0.3 is 6.18 Å². The Morgan fingerprint density at radius 3 is 2.74 bits per heavy atom. The molecule has 0 saturated carbocycles. The van der Waals surface area contributed by atoms with Gasteiger partial charge in [-0.1, -0.05) is 41.6 Å². The van der Waals surface area contributed by atoms with E-state index >= 15 is 0 Å². The van der Waals surface area contributed by atoms with Gasteiger partial charge in [0, 0.05) is 16.9 Å². The molecular formula is C22H17ClF3N5OS2. The van der Waals surface area contributed by atoms with Gasteiger partial charge in [-0.2, -0.15) is 13.2 Å². The number of thioether (sulfide) groups is 1. The second-order valence-electron chi connectivity index (χ2n) is 7.14. The molecule has 6 nitrogen and oxygen atoms in total. The molecule has 2 heterocycles. The number of rotatable bonds is 7. The number of aryl methyl sites for hydroxylation is 1. The summed E-state index contributed by atoms with van der Waals surface area (Å²) in [7, 11) is 0. The monoisotopic (exact) mass is 523 g/mol. The molecular weight excluding hydrogens is 507 g/mol. The van der Waals surface area contributed by atoms with Crippen molar-refractivity contribution in [1.82, 2.24) is 25.1 Å². The number of thiazole rings is 1. The van der Waals surface area contributed by atoms with Crippen molar-refractivity contribution in [1.29, 1.82) is 0 Å². The van der Waals surface area contributed by atoms with Crippen molar-refractivity contribution in [2.75, 3.05) is 0 Å². The van der Waals surface area contributed by atoms with Gasteiger partial charge in [-0.05, 0) is 42.8 Å². The number of hydrogen-bond donors (Lipinski definition) is 1. The van der Waals surface area contributed by atoms with Gasteiger partial charge in [0.05, 0.1) is 17.0 Å². The summed E-state index contributed by atoms with van der Waals surface area (Å²) in [5.41, 5.74) is 0.643. The Bertz CT molecular complexity index is 1320. The lowest BCUT2D eigenvalue weighted by Crippen LogP contribution is -2.23. The molecule has 0 saturated heterocycles. The van der Waals surface area contributed by atoms with E-state index in [0.717, 1.165) is 17.8 Å². The van der Waals surface area contributed by atoms with E-state index in [-0.39, 0.29) is 12.2 Å². The predicted octanol–water partition coefficient (Wildman–Crippen LogP) is 5.93. The maximum Gasteiger partial charge on any atom is 0.416 e. The van der Waals surface area contributed by atoms with E-state index in [1.54, 1.807) is 11.4 Å². The fourth-order valence-corrected chi connectivity index (χ4v) is 5.06. The average Bonchev–Trinajstić information content (AvgIpc) is 3.42. The zero-order chi connectivity index (χ0) is 24.3. The highest BCUT2D eigenvalue weighted by atomic mass is 35.5. The molecule has 12 heteroatoms. The number of amides is 1. The zero-order valence-corrected chi connectivity index (χ0v) is 20.0. The highest BCUT2D eigenvalue weighted by Crippen LogP contribution is 2.30. The van der Waals surface area contributed by atoms with Gasteiger partial charge < -0.3 is 5.32 Å². The third-order valence-corrected chi connectivity index (χ3v) is 6.88. The molecule has 2 aromatic heterocycles. The van der Waals surface area contributed by atoms with Gasteiger partial charge in [0.1, 0.15) is 16.5 Å². The highest BCUT2D eigenvalue weighted by molar-refractivity contribution is 7.98. The minimum atomic E-state index is -4.43. The van der Waals surface area contributed by atoms with Crippen LogP contribution in [0.3, 0.4) is 0 Å². The maximum atomic E-state index is 12.9. The Hall–Kier alpha value is -2.89. The number of alkyl halides is 3. The van der Waals surface area contributed by atoms with Crippen LogP contribution in [0, 0.1) is 6.92 Å². The van der Waals surface area contributed by atoms with Crippen LogP contribution in [-0.2, 0) is 18.5 Å². The Labute approximate surface area is 206 Å². The van der Waals surface area contributed by atoms with Crippen molar-refractivity contribution in [2.24, 2.45) is 0 Å². The number of nitrogens with zero attached hydrogens (tertiary/aromatic N) is 4. The number of nitrogens with one attached hydrogen (secondary N) is 1. The second-order valence-corrected chi connectivity index (χ2v) is 9.46. The Morgan fingerprint density at radius 1 is 1.18 bits per heavy atom. The standard InChI is InChI=1S/C22H17ClF3N5OS2/c1-13-29-30-21(31(13)17-7-3-6-16(23)9-17)34-12-19-28-18(11-33-19)20(32)27-10-14-4-2-5-15(8-14)22(24,25)26/h2-9,11H,10,12H2,1H3,(H,27,32). The zero-order valence-electron chi connectivity index (χ0n) is 17.6. The van der Waals surface area contributed by atoms with Crippen molar-refractivity contribution in [2.45, 2.75) is 30.6 Å². The van der Waals surface area contributed by atoms with E-state index in [9.17, 15) is 18.0 Å².